The summed E-state index contributed by atoms with van der Waals surface area (Å²) in [5, 5.41) is 16.2. The van der Waals surface area contributed by atoms with Crippen LogP contribution in [0.1, 0.15) is 12.0 Å². The highest BCUT2D eigenvalue weighted by Gasteiger charge is 2.32. The third-order valence-electron chi connectivity index (χ3n) is 3.44. The van der Waals surface area contributed by atoms with Gasteiger partial charge in [-0.15, -0.1) is 13.2 Å². The molecule has 7 heteroatoms. The lowest BCUT2D eigenvalue weighted by Gasteiger charge is -2.21. The fraction of sp³-hybridized carbons (Fsp3) is 0.571. The SMILES string of the molecule is O[C@@]1(CNCCc2ccccc2OC(F)(F)F)CCNC1. The molecule has 0 radical (unpaired) electrons. The lowest BCUT2D eigenvalue weighted by molar-refractivity contribution is -0.274. The van der Waals surface area contributed by atoms with Gasteiger partial charge in [0.05, 0.1) is 5.60 Å². The predicted molar refractivity (Wildman–Crippen MR) is 72.1 cm³/mol. The van der Waals surface area contributed by atoms with E-state index in [4.69, 9.17) is 0 Å². The van der Waals surface area contributed by atoms with Crippen LogP contribution in [-0.4, -0.2) is 43.2 Å². The fourth-order valence-corrected chi connectivity index (χ4v) is 2.36. The van der Waals surface area contributed by atoms with Gasteiger partial charge in [0.25, 0.3) is 0 Å². The average Bonchev–Trinajstić information content (AvgIpc) is 2.82. The summed E-state index contributed by atoms with van der Waals surface area (Å²) in [6.45, 7) is 2.21. The molecule has 1 saturated heterocycles. The van der Waals surface area contributed by atoms with Crippen molar-refractivity contribution in [2.75, 3.05) is 26.2 Å². The Hall–Kier alpha value is -1.31. The zero-order valence-corrected chi connectivity index (χ0v) is 11.5. The van der Waals surface area contributed by atoms with Crippen molar-refractivity contribution in [2.24, 2.45) is 0 Å². The summed E-state index contributed by atoms with van der Waals surface area (Å²) in [6.07, 6.45) is -3.61. The van der Waals surface area contributed by atoms with E-state index in [0.29, 0.717) is 38.0 Å². The highest BCUT2D eigenvalue weighted by atomic mass is 19.4. The van der Waals surface area contributed by atoms with Gasteiger partial charge in [-0.05, 0) is 37.6 Å². The van der Waals surface area contributed by atoms with Crippen molar-refractivity contribution < 1.29 is 23.0 Å². The molecule has 2 rings (SSSR count). The minimum absolute atomic E-state index is 0.173. The summed E-state index contributed by atoms with van der Waals surface area (Å²) in [4.78, 5) is 0. The lowest BCUT2D eigenvalue weighted by atomic mass is 10.0. The normalized spacial score (nSPS) is 22.5. The van der Waals surface area contributed by atoms with Crippen molar-refractivity contribution in [3.63, 3.8) is 0 Å². The molecule has 0 bridgehead atoms. The smallest absolute Gasteiger partial charge is 0.406 e. The van der Waals surface area contributed by atoms with Crippen LogP contribution in [0, 0.1) is 0 Å². The maximum atomic E-state index is 12.3. The Bertz CT molecular complexity index is 460. The molecule has 3 N–H and O–H groups in total. The molecule has 0 aromatic heterocycles. The van der Waals surface area contributed by atoms with Crippen molar-refractivity contribution in [1.29, 1.82) is 0 Å². The number of nitrogens with one attached hydrogen (secondary N) is 2. The van der Waals surface area contributed by atoms with Crippen LogP contribution in [0.15, 0.2) is 24.3 Å². The van der Waals surface area contributed by atoms with Gasteiger partial charge >= 0.3 is 6.36 Å². The van der Waals surface area contributed by atoms with Crippen molar-refractivity contribution in [3.8, 4) is 5.75 Å². The van der Waals surface area contributed by atoms with Crippen LogP contribution in [-0.2, 0) is 6.42 Å². The molecule has 1 aliphatic rings. The standard InChI is InChI=1S/C14H19F3N2O2/c15-14(16,17)21-12-4-2-1-3-11(12)5-7-18-9-13(20)6-8-19-10-13/h1-4,18-20H,5-10H2/t13-/m1/s1. The lowest BCUT2D eigenvalue weighted by Crippen LogP contribution is -2.42. The van der Waals surface area contributed by atoms with Crippen LogP contribution in [0.25, 0.3) is 0 Å². The molecule has 1 atom stereocenters. The molecule has 1 fully saturated rings. The minimum atomic E-state index is -4.69. The van der Waals surface area contributed by atoms with Crippen molar-refractivity contribution in [3.05, 3.63) is 29.8 Å². The topological polar surface area (TPSA) is 53.5 Å². The Morgan fingerprint density at radius 2 is 2.10 bits per heavy atom. The second-order valence-electron chi connectivity index (χ2n) is 5.23. The highest BCUT2D eigenvalue weighted by molar-refractivity contribution is 5.33. The zero-order chi connectivity index (χ0) is 15.3. The number of rotatable bonds is 6. The molecule has 0 saturated carbocycles. The van der Waals surface area contributed by atoms with Crippen LogP contribution >= 0.6 is 0 Å². The number of ether oxygens (including phenoxy) is 1. The molecular formula is C14H19F3N2O2. The third-order valence-corrected chi connectivity index (χ3v) is 3.44. The van der Waals surface area contributed by atoms with E-state index in [1.807, 2.05) is 0 Å². The molecule has 4 nitrogen and oxygen atoms in total. The number of β-amino-alcohol motifs (C(OH)–C–C–N with tert-alkyl or cyclic N) is 1. The molecule has 1 aromatic carbocycles. The first-order chi connectivity index (χ1) is 9.88. The third kappa shape index (κ3) is 5.18. The zero-order valence-electron chi connectivity index (χ0n) is 11.5. The van der Waals surface area contributed by atoms with Gasteiger partial charge in [0.15, 0.2) is 0 Å². The second-order valence-corrected chi connectivity index (χ2v) is 5.23. The first kappa shape index (κ1) is 16.1. The number of hydrogen-bond acceptors (Lipinski definition) is 4. The molecule has 0 amide bonds. The number of halogens is 3. The van der Waals surface area contributed by atoms with Gasteiger partial charge in [-0.3, -0.25) is 0 Å². The molecular weight excluding hydrogens is 285 g/mol. The van der Waals surface area contributed by atoms with Crippen LogP contribution in [0.3, 0.4) is 0 Å². The van der Waals surface area contributed by atoms with Gasteiger partial charge in [0, 0.05) is 13.1 Å². The van der Waals surface area contributed by atoms with E-state index < -0.39 is 12.0 Å². The average molecular weight is 304 g/mol. The second kappa shape index (κ2) is 6.64. The molecule has 118 valence electrons. The molecule has 0 unspecified atom stereocenters. The highest BCUT2D eigenvalue weighted by Crippen LogP contribution is 2.26. The number of para-hydroxylation sites is 1. The number of hydrogen-bond donors (Lipinski definition) is 3. The van der Waals surface area contributed by atoms with E-state index in [0.717, 1.165) is 6.54 Å². The maximum Gasteiger partial charge on any atom is 0.573 e. The fourth-order valence-electron chi connectivity index (χ4n) is 2.36. The molecule has 0 spiro atoms. The van der Waals surface area contributed by atoms with Crippen LogP contribution in [0.4, 0.5) is 13.2 Å². The molecule has 1 aliphatic heterocycles. The van der Waals surface area contributed by atoms with Crippen LogP contribution in [0.5, 0.6) is 5.75 Å². The summed E-state index contributed by atoms with van der Waals surface area (Å²) in [7, 11) is 0. The van der Waals surface area contributed by atoms with Crippen molar-refractivity contribution in [1.82, 2.24) is 10.6 Å². The van der Waals surface area contributed by atoms with Gasteiger partial charge in [-0.25, -0.2) is 0 Å². The Kier molecular flexibility index (Phi) is 5.08. The van der Waals surface area contributed by atoms with E-state index in [1.54, 1.807) is 12.1 Å². The molecule has 1 heterocycles. The van der Waals surface area contributed by atoms with Crippen molar-refractivity contribution in [2.45, 2.75) is 24.8 Å². The first-order valence-corrected chi connectivity index (χ1v) is 6.85. The van der Waals surface area contributed by atoms with E-state index in [-0.39, 0.29) is 5.75 Å². The Morgan fingerprint density at radius 3 is 2.76 bits per heavy atom. The van der Waals surface area contributed by atoms with Crippen LogP contribution < -0.4 is 15.4 Å². The maximum absolute atomic E-state index is 12.3. The summed E-state index contributed by atoms with van der Waals surface area (Å²) in [6, 6.07) is 6.09. The van der Waals surface area contributed by atoms with Gasteiger partial charge < -0.3 is 20.5 Å². The Balaban J connectivity index is 1.83. The monoisotopic (exact) mass is 304 g/mol. The van der Waals surface area contributed by atoms with Gasteiger partial charge in [-0.2, -0.15) is 0 Å². The van der Waals surface area contributed by atoms with Gasteiger partial charge in [-0.1, -0.05) is 18.2 Å². The van der Waals surface area contributed by atoms with Crippen LogP contribution in [0.2, 0.25) is 0 Å². The molecule has 0 aliphatic carbocycles. The van der Waals surface area contributed by atoms with Gasteiger partial charge in [0.2, 0.25) is 0 Å². The summed E-state index contributed by atoms with van der Waals surface area (Å²) >= 11 is 0. The number of aliphatic hydroxyl groups is 1. The first-order valence-electron chi connectivity index (χ1n) is 6.85. The van der Waals surface area contributed by atoms with E-state index in [2.05, 4.69) is 15.4 Å². The van der Waals surface area contributed by atoms with E-state index in [9.17, 15) is 18.3 Å². The minimum Gasteiger partial charge on any atom is -0.406 e. The van der Waals surface area contributed by atoms with Gasteiger partial charge in [0.1, 0.15) is 5.75 Å². The number of benzene rings is 1. The summed E-state index contributed by atoms with van der Waals surface area (Å²) in [5.74, 6) is -0.173. The Morgan fingerprint density at radius 1 is 1.33 bits per heavy atom. The summed E-state index contributed by atoms with van der Waals surface area (Å²) in [5.41, 5.74) is -0.277. The largest absolute Gasteiger partial charge is 0.573 e. The van der Waals surface area contributed by atoms with Crippen molar-refractivity contribution >= 4 is 0 Å². The van der Waals surface area contributed by atoms with E-state index >= 15 is 0 Å². The molecule has 21 heavy (non-hydrogen) atoms. The predicted octanol–water partition coefficient (Wildman–Crippen LogP) is 1.44. The quantitative estimate of drug-likeness (QED) is 0.696. The number of alkyl halides is 3. The van der Waals surface area contributed by atoms with E-state index in [1.165, 1.54) is 12.1 Å². The molecule has 1 aromatic rings. The summed E-state index contributed by atoms with van der Waals surface area (Å²) < 4.78 is 40.9. The Labute approximate surface area is 121 Å².